The number of ether oxygens (including phenoxy) is 1. The van der Waals surface area contributed by atoms with Gasteiger partial charge in [0.05, 0.1) is 11.8 Å². The Bertz CT molecular complexity index is 977. The van der Waals surface area contributed by atoms with E-state index in [4.69, 9.17) is 14.7 Å². The van der Waals surface area contributed by atoms with Crippen molar-refractivity contribution in [1.29, 1.82) is 0 Å². The maximum absolute atomic E-state index is 5.66. The fraction of sp³-hybridized carbons (Fsp3) is 0.692. The van der Waals surface area contributed by atoms with Crippen LogP contribution in [0, 0.1) is 0 Å². The third-order valence-electron chi connectivity index (χ3n) is 7.79. The van der Waals surface area contributed by atoms with Crippen molar-refractivity contribution < 1.29 is 4.74 Å². The van der Waals surface area contributed by atoms with E-state index in [1.807, 2.05) is 25.6 Å². The molecule has 0 amide bonds. The van der Waals surface area contributed by atoms with E-state index in [1.165, 1.54) is 24.1 Å². The van der Waals surface area contributed by atoms with E-state index in [2.05, 4.69) is 43.8 Å². The molecule has 1 atom stereocenters. The number of hydrogen-bond donors (Lipinski definition) is 1. The second-order valence-corrected chi connectivity index (χ2v) is 10.7. The number of rotatable bonds is 7. The Kier molecular flexibility index (Phi) is 7.34. The zero-order chi connectivity index (χ0) is 24.3. The molecule has 1 aliphatic carbocycles. The molecule has 0 bridgehead atoms. The number of methoxy groups -OCH3 is 1. The highest BCUT2D eigenvalue weighted by Crippen LogP contribution is 2.39. The molecule has 2 saturated heterocycles. The summed E-state index contributed by atoms with van der Waals surface area (Å²) in [6.45, 7) is 12.4. The van der Waals surface area contributed by atoms with Gasteiger partial charge in [0.15, 0.2) is 0 Å². The highest BCUT2D eigenvalue weighted by molar-refractivity contribution is 5.54. The lowest BCUT2D eigenvalue weighted by Gasteiger charge is -2.36. The zero-order valence-electron chi connectivity index (χ0n) is 21.5. The van der Waals surface area contributed by atoms with Gasteiger partial charge in [-0.2, -0.15) is 4.98 Å². The van der Waals surface area contributed by atoms with Crippen LogP contribution in [0.2, 0.25) is 0 Å². The normalized spacial score (nSPS) is 22.7. The predicted molar refractivity (Wildman–Crippen MR) is 139 cm³/mol. The standard InChI is InChI=1S/C26H40N8O/c1-26(2)9-4-8-21-22(26)30-25(34-13-5-7-20(19-34)35-3)31-23(21)27-12-14-32-15-17-33(18-16-32)24-28-10-6-11-29-24/h6,10-11,20H,4-5,7-9,12-19H2,1-3H3,(H,27,30,31). The van der Waals surface area contributed by atoms with E-state index >= 15 is 0 Å². The molecule has 0 aromatic carbocycles. The molecule has 0 saturated carbocycles. The van der Waals surface area contributed by atoms with Crippen molar-refractivity contribution in [1.82, 2.24) is 24.8 Å². The number of nitrogens with zero attached hydrogens (tertiary/aromatic N) is 7. The van der Waals surface area contributed by atoms with E-state index in [-0.39, 0.29) is 11.5 Å². The number of aromatic nitrogens is 4. The smallest absolute Gasteiger partial charge is 0.227 e. The highest BCUT2D eigenvalue weighted by Gasteiger charge is 2.33. The Morgan fingerprint density at radius 1 is 1.00 bits per heavy atom. The average Bonchev–Trinajstić information content (AvgIpc) is 2.89. The quantitative estimate of drug-likeness (QED) is 0.643. The Labute approximate surface area is 209 Å². The summed E-state index contributed by atoms with van der Waals surface area (Å²) in [6.07, 6.45) is 9.53. The third kappa shape index (κ3) is 5.51. The van der Waals surface area contributed by atoms with Crippen molar-refractivity contribution in [2.45, 2.75) is 57.5 Å². The van der Waals surface area contributed by atoms with Crippen LogP contribution in [-0.2, 0) is 16.6 Å². The van der Waals surface area contributed by atoms with Gasteiger partial charge >= 0.3 is 0 Å². The predicted octanol–water partition coefficient (Wildman–Crippen LogP) is 2.73. The largest absolute Gasteiger partial charge is 0.380 e. The summed E-state index contributed by atoms with van der Waals surface area (Å²) in [5, 5.41) is 3.72. The Morgan fingerprint density at radius 2 is 1.80 bits per heavy atom. The number of piperidine rings is 1. The van der Waals surface area contributed by atoms with Gasteiger partial charge in [0.2, 0.25) is 11.9 Å². The summed E-state index contributed by atoms with van der Waals surface area (Å²) in [5.41, 5.74) is 2.62. The molecule has 1 N–H and O–H groups in total. The molecule has 0 spiro atoms. The Balaban J connectivity index is 1.25. The number of piperazine rings is 1. The van der Waals surface area contributed by atoms with Gasteiger partial charge in [0.25, 0.3) is 0 Å². The van der Waals surface area contributed by atoms with Crippen LogP contribution in [0.1, 0.15) is 50.8 Å². The van der Waals surface area contributed by atoms with E-state index in [0.29, 0.717) is 0 Å². The summed E-state index contributed by atoms with van der Waals surface area (Å²) in [4.78, 5) is 26.1. The maximum atomic E-state index is 5.66. The molecule has 5 rings (SSSR count). The molecule has 190 valence electrons. The average molecular weight is 481 g/mol. The molecule has 2 aromatic rings. The van der Waals surface area contributed by atoms with Crippen molar-refractivity contribution in [3.8, 4) is 0 Å². The molecule has 35 heavy (non-hydrogen) atoms. The lowest BCUT2D eigenvalue weighted by molar-refractivity contribution is 0.0889. The summed E-state index contributed by atoms with van der Waals surface area (Å²) < 4.78 is 5.66. The van der Waals surface area contributed by atoms with Gasteiger partial charge < -0.3 is 19.9 Å². The van der Waals surface area contributed by atoms with Crippen LogP contribution in [0.25, 0.3) is 0 Å². The first-order chi connectivity index (χ1) is 17.0. The molecular weight excluding hydrogens is 440 g/mol. The van der Waals surface area contributed by atoms with Gasteiger partial charge in [-0.1, -0.05) is 13.8 Å². The van der Waals surface area contributed by atoms with Gasteiger partial charge in [-0.05, 0) is 38.2 Å². The molecule has 1 unspecified atom stereocenters. The highest BCUT2D eigenvalue weighted by atomic mass is 16.5. The second-order valence-electron chi connectivity index (χ2n) is 10.7. The van der Waals surface area contributed by atoms with Gasteiger partial charge in [-0.15, -0.1) is 0 Å². The minimum absolute atomic E-state index is 0.0774. The molecule has 2 aliphatic heterocycles. The van der Waals surface area contributed by atoms with Crippen LogP contribution < -0.4 is 15.1 Å². The van der Waals surface area contributed by atoms with Gasteiger partial charge in [0.1, 0.15) is 5.82 Å². The number of anilines is 3. The van der Waals surface area contributed by atoms with Crippen LogP contribution in [0.4, 0.5) is 17.7 Å². The lowest BCUT2D eigenvalue weighted by Crippen LogP contribution is -2.48. The second kappa shape index (κ2) is 10.6. The summed E-state index contributed by atoms with van der Waals surface area (Å²) in [7, 11) is 1.81. The van der Waals surface area contributed by atoms with Gasteiger partial charge in [0, 0.05) is 82.8 Å². The first-order valence-corrected chi connectivity index (χ1v) is 13.2. The monoisotopic (exact) mass is 480 g/mol. The molecule has 0 radical (unpaired) electrons. The van der Waals surface area contributed by atoms with Crippen molar-refractivity contribution in [3.05, 3.63) is 29.7 Å². The van der Waals surface area contributed by atoms with Gasteiger partial charge in [-0.3, -0.25) is 4.90 Å². The summed E-state index contributed by atoms with van der Waals surface area (Å²) in [6, 6.07) is 1.87. The van der Waals surface area contributed by atoms with E-state index in [0.717, 1.165) is 89.3 Å². The third-order valence-corrected chi connectivity index (χ3v) is 7.79. The minimum Gasteiger partial charge on any atom is -0.380 e. The van der Waals surface area contributed by atoms with Crippen LogP contribution in [0.5, 0.6) is 0 Å². The molecule has 3 aliphatic rings. The molecule has 2 aromatic heterocycles. The van der Waals surface area contributed by atoms with Crippen molar-refractivity contribution >= 4 is 17.7 Å². The van der Waals surface area contributed by atoms with E-state index in [1.54, 1.807) is 0 Å². The Hall–Kier alpha value is -2.52. The fourth-order valence-electron chi connectivity index (χ4n) is 5.65. The van der Waals surface area contributed by atoms with E-state index in [9.17, 15) is 0 Å². The van der Waals surface area contributed by atoms with Crippen LogP contribution in [0.15, 0.2) is 18.5 Å². The summed E-state index contributed by atoms with van der Waals surface area (Å²) >= 11 is 0. The van der Waals surface area contributed by atoms with Crippen molar-refractivity contribution in [2.24, 2.45) is 0 Å². The van der Waals surface area contributed by atoms with E-state index < -0.39 is 0 Å². The SMILES string of the molecule is COC1CCCN(c2nc(NCCN3CCN(c4ncccn4)CC3)c3c(n2)C(C)(C)CCC3)C1. The molecule has 9 nitrogen and oxygen atoms in total. The molecular formula is C26H40N8O. The molecule has 2 fully saturated rings. The number of fused-ring (bicyclic) bond motifs is 1. The number of nitrogens with one attached hydrogen (secondary N) is 1. The first kappa shape index (κ1) is 24.2. The van der Waals surface area contributed by atoms with Crippen molar-refractivity contribution in [2.75, 3.05) is 74.6 Å². The first-order valence-electron chi connectivity index (χ1n) is 13.2. The molecule has 4 heterocycles. The molecule has 9 heteroatoms. The number of hydrogen-bond acceptors (Lipinski definition) is 9. The topological polar surface area (TPSA) is 82.5 Å². The Morgan fingerprint density at radius 3 is 2.57 bits per heavy atom. The lowest BCUT2D eigenvalue weighted by atomic mass is 9.76. The van der Waals surface area contributed by atoms with Gasteiger partial charge in [-0.25, -0.2) is 15.0 Å². The fourth-order valence-corrected chi connectivity index (χ4v) is 5.65. The van der Waals surface area contributed by atoms with Crippen LogP contribution in [0.3, 0.4) is 0 Å². The zero-order valence-corrected chi connectivity index (χ0v) is 21.5. The van der Waals surface area contributed by atoms with Crippen molar-refractivity contribution in [3.63, 3.8) is 0 Å². The maximum Gasteiger partial charge on any atom is 0.227 e. The minimum atomic E-state index is 0.0774. The van der Waals surface area contributed by atoms with Crippen LogP contribution in [-0.4, -0.2) is 90.4 Å². The summed E-state index contributed by atoms with van der Waals surface area (Å²) in [5.74, 6) is 2.73. The van der Waals surface area contributed by atoms with Crippen LogP contribution >= 0.6 is 0 Å².